The van der Waals surface area contributed by atoms with E-state index in [1.807, 2.05) is 0 Å². The highest BCUT2D eigenvalue weighted by atomic mass is 15.3. The minimum atomic E-state index is 1.09. The Morgan fingerprint density at radius 2 is 0.893 bits per heavy atom. The number of hydrogen-bond acceptors (Lipinski definition) is 0. The lowest BCUT2D eigenvalue weighted by atomic mass is 10.1. The molecule has 2 heteroatoms. The summed E-state index contributed by atoms with van der Waals surface area (Å²) in [6.45, 7) is 6.24. The van der Waals surface area contributed by atoms with Crippen molar-refractivity contribution >= 4 is 0 Å². The van der Waals surface area contributed by atoms with Gasteiger partial charge in [0.1, 0.15) is 0 Å². The van der Waals surface area contributed by atoms with Crippen molar-refractivity contribution in [3.05, 3.63) is 12.2 Å². The van der Waals surface area contributed by atoms with Crippen molar-refractivity contribution in [2.75, 3.05) is 54.9 Å². The molecule has 0 fully saturated rings. The number of quaternary nitrogens is 2. The van der Waals surface area contributed by atoms with E-state index in [4.69, 9.17) is 0 Å². The van der Waals surface area contributed by atoms with Gasteiger partial charge < -0.3 is 8.97 Å². The van der Waals surface area contributed by atoms with Gasteiger partial charge in [0, 0.05) is 6.42 Å². The van der Waals surface area contributed by atoms with Crippen LogP contribution in [0.4, 0.5) is 0 Å². The number of rotatable bonds is 20. The Kier molecular flexibility index (Phi) is 17.3. The van der Waals surface area contributed by atoms with Crippen LogP contribution >= 0.6 is 0 Å². The molecule has 0 aliphatic heterocycles. The van der Waals surface area contributed by atoms with Crippen LogP contribution in [0.1, 0.15) is 103 Å². The average Bonchev–Trinajstić information content (AvgIpc) is 2.60. The molecule has 0 N–H and O–H groups in total. The summed E-state index contributed by atoms with van der Waals surface area (Å²) in [6, 6.07) is 0. The van der Waals surface area contributed by atoms with Gasteiger partial charge >= 0.3 is 0 Å². The monoisotopic (exact) mass is 396 g/mol. The Bertz CT molecular complexity index is 352. The smallest absolute Gasteiger partial charge is 0.0836 e. The summed E-state index contributed by atoms with van der Waals surface area (Å²) in [5.41, 5.74) is 0. The fourth-order valence-corrected chi connectivity index (χ4v) is 3.87. The van der Waals surface area contributed by atoms with Crippen molar-refractivity contribution in [3.63, 3.8) is 0 Å². The van der Waals surface area contributed by atoms with E-state index in [1.54, 1.807) is 0 Å². The van der Waals surface area contributed by atoms with Crippen LogP contribution in [0.5, 0.6) is 0 Å². The van der Waals surface area contributed by atoms with Gasteiger partial charge in [-0.15, -0.1) is 0 Å². The van der Waals surface area contributed by atoms with Gasteiger partial charge in [0.2, 0.25) is 0 Å². The number of hydrogen-bond donors (Lipinski definition) is 0. The van der Waals surface area contributed by atoms with E-state index in [2.05, 4.69) is 54.3 Å². The Hall–Kier alpha value is -0.340. The third-order valence-corrected chi connectivity index (χ3v) is 5.87. The largest absolute Gasteiger partial charge is 0.331 e. The molecular weight excluding hydrogens is 340 g/mol. The second-order valence-corrected chi connectivity index (χ2v) is 10.7. The van der Waals surface area contributed by atoms with Crippen LogP contribution in [-0.2, 0) is 0 Å². The molecule has 0 spiro atoms. The van der Waals surface area contributed by atoms with Crippen LogP contribution in [0.15, 0.2) is 12.2 Å². The molecule has 0 bridgehead atoms. The fraction of sp³-hybridized carbons (Fsp3) is 0.923. The molecular formula is C26H56N2+2. The van der Waals surface area contributed by atoms with Crippen molar-refractivity contribution in [3.8, 4) is 0 Å². The van der Waals surface area contributed by atoms with Crippen molar-refractivity contribution in [1.82, 2.24) is 0 Å². The second-order valence-electron chi connectivity index (χ2n) is 10.7. The lowest BCUT2D eigenvalue weighted by molar-refractivity contribution is -0.902. The Morgan fingerprint density at radius 1 is 0.464 bits per heavy atom. The topological polar surface area (TPSA) is 0 Å². The molecule has 0 atom stereocenters. The van der Waals surface area contributed by atoms with Gasteiger partial charge in [0.25, 0.3) is 0 Å². The zero-order valence-electron chi connectivity index (χ0n) is 20.8. The molecule has 2 nitrogen and oxygen atoms in total. The predicted molar refractivity (Wildman–Crippen MR) is 129 cm³/mol. The van der Waals surface area contributed by atoms with E-state index in [1.165, 1.54) is 120 Å². The summed E-state index contributed by atoms with van der Waals surface area (Å²) >= 11 is 0. The summed E-state index contributed by atoms with van der Waals surface area (Å²) in [6.07, 6.45) is 25.8. The second kappa shape index (κ2) is 17.5. The molecule has 0 aliphatic carbocycles. The van der Waals surface area contributed by atoms with Crippen LogP contribution in [-0.4, -0.2) is 63.8 Å². The van der Waals surface area contributed by atoms with Crippen LogP contribution in [0.25, 0.3) is 0 Å². The van der Waals surface area contributed by atoms with E-state index in [-0.39, 0.29) is 0 Å². The number of nitrogens with zero attached hydrogens (tertiary/aromatic N) is 2. The summed E-state index contributed by atoms with van der Waals surface area (Å²) in [5.74, 6) is 0. The molecule has 28 heavy (non-hydrogen) atoms. The molecule has 0 aromatic carbocycles. The maximum absolute atomic E-state index is 2.43. The molecule has 168 valence electrons. The Morgan fingerprint density at radius 3 is 1.39 bits per heavy atom. The van der Waals surface area contributed by atoms with Crippen LogP contribution in [0.2, 0.25) is 0 Å². The zero-order chi connectivity index (χ0) is 21.1. The van der Waals surface area contributed by atoms with E-state index in [9.17, 15) is 0 Å². The van der Waals surface area contributed by atoms with Crippen LogP contribution < -0.4 is 0 Å². The molecule has 0 rings (SSSR count). The summed E-state index contributed by atoms with van der Waals surface area (Å²) in [5, 5.41) is 0. The summed E-state index contributed by atoms with van der Waals surface area (Å²) in [4.78, 5) is 0. The van der Waals surface area contributed by atoms with Gasteiger partial charge in [-0.3, -0.25) is 0 Å². The lowest BCUT2D eigenvalue weighted by Gasteiger charge is -2.31. The first kappa shape index (κ1) is 27.7. The first-order valence-electron chi connectivity index (χ1n) is 12.5. The van der Waals surface area contributed by atoms with Gasteiger partial charge in [0.15, 0.2) is 0 Å². The van der Waals surface area contributed by atoms with Gasteiger partial charge in [-0.05, 0) is 38.5 Å². The normalized spacial score (nSPS) is 12.9. The summed E-state index contributed by atoms with van der Waals surface area (Å²) < 4.78 is 2.29. The van der Waals surface area contributed by atoms with Crippen LogP contribution in [0.3, 0.4) is 0 Å². The summed E-state index contributed by atoms with van der Waals surface area (Å²) in [7, 11) is 11.7. The first-order valence-corrected chi connectivity index (χ1v) is 12.5. The third kappa shape index (κ3) is 22.0. The highest BCUT2D eigenvalue weighted by molar-refractivity contribution is 4.81. The molecule has 0 unspecified atom stereocenters. The molecule has 0 aromatic rings. The number of unbranched alkanes of at least 4 members (excludes halogenated alkanes) is 12. The van der Waals surface area contributed by atoms with Gasteiger partial charge in [-0.1, -0.05) is 70.4 Å². The molecule has 0 radical (unpaired) electrons. The Balaban J connectivity index is 3.37. The van der Waals surface area contributed by atoms with Crippen LogP contribution in [0, 0.1) is 0 Å². The molecule has 0 heterocycles. The SMILES string of the molecule is CCCCCCCCC=CCCCCCCCC[N+](C)(C)CCC[N+](C)(C)C. The van der Waals surface area contributed by atoms with Crippen molar-refractivity contribution in [1.29, 1.82) is 0 Å². The van der Waals surface area contributed by atoms with Crippen molar-refractivity contribution < 1.29 is 8.97 Å². The van der Waals surface area contributed by atoms with Crippen molar-refractivity contribution in [2.24, 2.45) is 0 Å². The highest BCUT2D eigenvalue weighted by Gasteiger charge is 2.16. The lowest BCUT2D eigenvalue weighted by Crippen LogP contribution is -2.44. The van der Waals surface area contributed by atoms with E-state index < -0.39 is 0 Å². The minimum absolute atomic E-state index is 1.09. The van der Waals surface area contributed by atoms with E-state index in [0.717, 1.165) is 4.48 Å². The van der Waals surface area contributed by atoms with E-state index >= 15 is 0 Å². The van der Waals surface area contributed by atoms with E-state index in [0.29, 0.717) is 0 Å². The maximum atomic E-state index is 2.43. The Labute approximate surface area is 179 Å². The van der Waals surface area contributed by atoms with Crippen molar-refractivity contribution in [2.45, 2.75) is 103 Å². The predicted octanol–water partition coefficient (Wildman–Crippen LogP) is 7.20. The van der Waals surface area contributed by atoms with Gasteiger partial charge in [0.05, 0.1) is 54.9 Å². The minimum Gasteiger partial charge on any atom is -0.331 e. The van der Waals surface area contributed by atoms with Gasteiger partial charge in [-0.2, -0.15) is 0 Å². The number of allylic oxidation sites excluding steroid dienone is 2. The third-order valence-electron chi connectivity index (χ3n) is 5.87. The molecule has 0 saturated heterocycles. The molecule has 0 aliphatic rings. The molecule has 0 aromatic heterocycles. The first-order chi connectivity index (χ1) is 13.3. The zero-order valence-corrected chi connectivity index (χ0v) is 20.8. The maximum Gasteiger partial charge on any atom is 0.0836 e. The average molecular weight is 397 g/mol. The highest BCUT2D eigenvalue weighted by Crippen LogP contribution is 2.11. The quantitative estimate of drug-likeness (QED) is 0.116. The molecule has 0 amide bonds. The molecule has 0 saturated carbocycles. The fourth-order valence-electron chi connectivity index (χ4n) is 3.87. The van der Waals surface area contributed by atoms with Gasteiger partial charge in [-0.25, -0.2) is 0 Å². The standard InChI is InChI=1S/C26H56N2/c1-7-8-9-10-11-12-13-14-15-16-17-18-19-20-21-22-25-28(5,6)26-23-24-27(2,3)4/h14-15H,7-13,16-26H2,1-6H3/q+2.